The third-order valence-corrected chi connectivity index (χ3v) is 4.09. The van der Waals surface area contributed by atoms with Crippen LogP contribution in [0.5, 0.6) is 0 Å². The number of hydrogen-bond acceptors (Lipinski definition) is 5. The summed E-state index contributed by atoms with van der Waals surface area (Å²) in [6, 6.07) is 10.4. The summed E-state index contributed by atoms with van der Waals surface area (Å²) in [4.78, 5) is 17.0. The van der Waals surface area contributed by atoms with Gasteiger partial charge in [0.25, 0.3) is 5.91 Å². The van der Waals surface area contributed by atoms with E-state index in [0.717, 1.165) is 5.56 Å². The third kappa shape index (κ3) is 3.18. The zero-order valence-electron chi connectivity index (χ0n) is 11.6. The lowest BCUT2D eigenvalue weighted by atomic mass is 10.2. The molecule has 112 valence electrons. The van der Waals surface area contributed by atoms with E-state index < -0.39 is 0 Å². The van der Waals surface area contributed by atoms with E-state index in [4.69, 9.17) is 16.1 Å². The summed E-state index contributed by atoms with van der Waals surface area (Å²) in [5.41, 5.74) is 0.763. The van der Waals surface area contributed by atoms with Crippen LogP contribution in [0, 0.1) is 0 Å². The number of amides is 1. The van der Waals surface area contributed by atoms with Crippen molar-refractivity contribution in [3.63, 3.8) is 0 Å². The van der Waals surface area contributed by atoms with E-state index in [0.29, 0.717) is 21.6 Å². The van der Waals surface area contributed by atoms with Gasteiger partial charge in [0.05, 0.1) is 4.88 Å². The number of nitrogens with one attached hydrogen (secondary N) is 1. The van der Waals surface area contributed by atoms with E-state index in [-0.39, 0.29) is 11.9 Å². The highest BCUT2D eigenvalue weighted by Crippen LogP contribution is 2.22. The minimum Gasteiger partial charge on any atom is -0.340 e. The molecule has 3 aromatic rings. The SMILES string of the molecule is CC(NC(=O)c1cccs1)c1nc(-c2cccc(Cl)c2)no1. The predicted octanol–water partition coefficient (Wildman–Crippen LogP) is 3.94. The summed E-state index contributed by atoms with van der Waals surface area (Å²) in [5.74, 6) is 0.625. The van der Waals surface area contributed by atoms with Gasteiger partial charge in [-0.3, -0.25) is 4.79 Å². The maximum absolute atomic E-state index is 12.0. The van der Waals surface area contributed by atoms with E-state index in [1.165, 1.54) is 11.3 Å². The molecule has 0 radical (unpaired) electrons. The van der Waals surface area contributed by atoms with Crippen molar-refractivity contribution in [2.45, 2.75) is 13.0 Å². The molecular formula is C15H12ClN3O2S. The van der Waals surface area contributed by atoms with Crippen LogP contribution in [0.25, 0.3) is 11.4 Å². The second kappa shape index (κ2) is 6.29. The highest BCUT2D eigenvalue weighted by molar-refractivity contribution is 7.12. The Labute approximate surface area is 135 Å². The van der Waals surface area contributed by atoms with Crippen LogP contribution in [0.15, 0.2) is 46.3 Å². The van der Waals surface area contributed by atoms with Gasteiger partial charge in [-0.25, -0.2) is 0 Å². The maximum atomic E-state index is 12.0. The monoisotopic (exact) mass is 333 g/mol. The second-order valence-electron chi connectivity index (χ2n) is 4.64. The first-order valence-electron chi connectivity index (χ1n) is 6.57. The largest absolute Gasteiger partial charge is 0.340 e. The molecule has 0 saturated heterocycles. The quantitative estimate of drug-likeness (QED) is 0.785. The fraction of sp³-hybridized carbons (Fsp3) is 0.133. The van der Waals surface area contributed by atoms with Gasteiger partial charge < -0.3 is 9.84 Å². The minimum atomic E-state index is -0.380. The number of halogens is 1. The smallest absolute Gasteiger partial charge is 0.261 e. The molecule has 0 bridgehead atoms. The normalized spacial score (nSPS) is 12.1. The number of nitrogens with zero attached hydrogens (tertiary/aromatic N) is 2. The van der Waals surface area contributed by atoms with E-state index in [1.807, 2.05) is 23.6 Å². The van der Waals surface area contributed by atoms with Crippen molar-refractivity contribution in [3.05, 3.63) is 57.6 Å². The lowest BCUT2D eigenvalue weighted by Crippen LogP contribution is -2.26. The fourth-order valence-corrected chi connectivity index (χ4v) is 2.71. The Balaban J connectivity index is 1.74. The number of rotatable bonds is 4. The molecule has 2 aromatic heterocycles. The van der Waals surface area contributed by atoms with Crippen LogP contribution in [0.3, 0.4) is 0 Å². The first-order chi connectivity index (χ1) is 10.6. The number of thiophene rings is 1. The van der Waals surface area contributed by atoms with Gasteiger partial charge in [-0.1, -0.05) is 35.0 Å². The van der Waals surface area contributed by atoms with Crippen LogP contribution in [0.1, 0.15) is 28.5 Å². The zero-order valence-corrected chi connectivity index (χ0v) is 13.2. The molecule has 5 nitrogen and oxygen atoms in total. The molecule has 2 heterocycles. The highest BCUT2D eigenvalue weighted by atomic mass is 35.5. The lowest BCUT2D eigenvalue weighted by molar-refractivity contribution is 0.0936. The Morgan fingerprint density at radius 2 is 2.23 bits per heavy atom. The van der Waals surface area contributed by atoms with Crippen LogP contribution in [-0.2, 0) is 0 Å². The molecule has 0 spiro atoms. The molecule has 0 fully saturated rings. The molecule has 22 heavy (non-hydrogen) atoms. The molecule has 1 amide bonds. The van der Waals surface area contributed by atoms with E-state index >= 15 is 0 Å². The fourth-order valence-electron chi connectivity index (χ4n) is 1.89. The van der Waals surface area contributed by atoms with Crippen LogP contribution in [0.4, 0.5) is 0 Å². The van der Waals surface area contributed by atoms with Gasteiger partial charge in [-0.15, -0.1) is 11.3 Å². The van der Waals surface area contributed by atoms with E-state index in [1.54, 1.807) is 25.1 Å². The molecule has 1 atom stereocenters. The van der Waals surface area contributed by atoms with Crippen LogP contribution in [-0.4, -0.2) is 16.0 Å². The number of carbonyl (C=O) groups excluding carboxylic acids is 1. The van der Waals surface area contributed by atoms with Crippen molar-refractivity contribution in [3.8, 4) is 11.4 Å². The van der Waals surface area contributed by atoms with Crippen molar-refractivity contribution in [1.29, 1.82) is 0 Å². The van der Waals surface area contributed by atoms with Crippen molar-refractivity contribution in [1.82, 2.24) is 15.5 Å². The molecule has 7 heteroatoms. The maximum Gasteiger partial charge on any atom is 0.261 e. The first kappa shape index (κ1) is 14.7. The predicted molar refractivity (Wildman–Crippen MR) is 84.9 cm³/mol. The Hall–Kier alpha value is -2.18. The Kier molecular flexibility index (Phi) is 4.22. The van der Waals surface area contributed by atoms with Gasteiger partial charge in [-0.05, 0) is 30.5 Å². The molecule has 1 N–H and O–H groups in total. The Morgan fingerprint density at radius 1 is 1.36 bits per heavy atom. The average Bonchev–Trinajstić information content (AvgIpc) is 3.19. The van der Waals surface area contributed by atoms with Crippen molar-refractivity contribution >= 4 is 28.8 Å². The van der Waals surface area contributed by atoms with Crippen LogP contribution < -0.4 is 5.32 Å². The van der Waals surface area contributed by atoms with E-state index in [2.05, 4.69) is 15.5 Å². The van der Waals surface area contributed by atoms with E-state index in [9.17, 15) is 4.79 Å². The number of hydrogen-bond donors (Lipinski definition) is 1. The second-order valence-corrected chi connectivity index (χ2v) is 6.02. The van der Waals surface area contributed by atoms with Crippen molar-refractivity contribution in [2.24, 2.45) is 0 Å². The van der Waals surface area contributed by atoms with Gasteiger partial charge in [0.2, 0.25) is 11.7 Å². The molecule has 1 aromatic carbocycles. The van der Waals surface area contributed by atoms with Crippen LogP contribution >= 0.6 is 22.9 Å². The number of benzene rings is 1. The standard InChI is InChI=1S/C15H12ClN3O2S/c1-9(17-14(20)12-6-3-7-22-12)15-18-13(19-21-15)10-4-2-5-11(16)8-10/h2-9H,1H3,(H,17,20). The summed E-state index contributed by atoms with van der Waals surface area (Å²) < 4.78 is 5.22. The topological polar surface area (TPSA) is 68.0 Å². The summed E-state index contributed by atoms with van der Waals surface area (Å²) in [7, 11) is 0. The van der Waals surface area contributed by atoms with Crippen molar-refractivity contribution in [2.75, 3.05) is 0 Å². The van der Waals surface area contributed by atoms with Gasteiger partial charge in [0.15, 0.2) is 0 Å². The minimum absolute atomic E-state index is 0.162. The number of aromatic nitrogens is 2. The third-order valence-electron chi connectivity index (χ3n) is 2.99. The van der Waals surface area contributed by atoms with Crippen LogP contribution in [0.2, 0.25) is 5.02 Å². The average molecular weight is 334 g/mol. The Bertz CT molecular complexity index is 786. The molecular weight excluding hydrogens is 322 g/mol. The lowest BCUT2D eigenvalue weighted by Gasteiger charge is -2.07. The van der Waals surface area contributed by atoms with Gasteiger partial charge in [0, 0.05) is 10.6 Å². The molecule has 0 aliphatic heterocycles. The van der Waals surface area contributed by atoms with Gasteiger partial charge in [-0.2, -0.15) is 4.98 Å². The summed E-state index contributed by atoms with van der Waals surface area (Å²) in [5, 5.41) is 9.20. The van der Waals surface area contributed by atoms with Gasteiger partial charge >= 0.3 is 0 Å². The molecule has 0 saturated carbocycles. The van der Waals surface area contributed by atoms with Gasteiger partial charge in [0.1, 0.15) is 6.04 Å². The summed E-state index contributed by atoms with van der Waals surface area (Å²) in [6.45, 7) is 1.79. The molecule has 0 aliphatic rings. The number of carbonyl (C=O) groups is 1. The zero-order chi connectivity index (χ0) is 15.5. The summed E-state index contributed by atoms with van der Waals surface area (Å²) >= 11 is 7.33. The first-order valence-corrected chi connectivity index (χ1v) is 7.83. The highest BCUT2D eigenvalue weighted by Gasteiger charge is 2.18. The summed E-state index contributed by atoms with van der Waals surface area (Å²) in [6.07, 6.45) is 0. The molecule has 3 rings (SSSR count). The molecule has 1 unspecified atom stereocenters. The Morgan fingerprint density at radius 3 is 2.95 bits per heavy atom. The molecule has 0 aliphatic carbocycles. The van der Waals surface area contributed by atoms with Crippen molar-refractivity contribution < 1.29 is 9.32 Å².